The van der Waals surface area contributed by atoms with E-state index in [0.29, 0.717) is 34.2 Å². The number of benzene rings is 6. The highest BCUT2D eigenvalue weighted by Crippen LogP contribution is 2.35. The van der Waals surface area contributed by atoms with Crippen molar-refractivity contribution in [2.45, 2.75) is 0 Å². The number of hydrogen-bond acceptors (Lipinski definition) is 4. The highest BCUT2D eigenvalue weighted by Gasteiger charge is 2.15. The smallest absolute Gasteiger partial charge is 0.164 e. The van der Waals surface area contributed by atoms with E-state index in [4.69, 9.17) is 26.2 Å². The fourth-order valence-electron chi connectivity index (χ4n) is 5.28. The molecule has 43 heavy (non-hydrogen) atoms. The van der Waals surface area contributed by atoms with E-state index in [1.807, 2.05) is 84.9 Å². The molecule has 8 rings (SSSR count). The van der Waals surface area contributed by atoms with Gasteiger partial charge in [-0.2, -0.15) is 0 Å². The molecule has 0 amide bonds. The van der Waals surface area contributed by atoms with E-state index in [2.05, 4.69) is 24.3 Å². The Labute approximate surface area is 256 Å². The van der Waals surface area contributed by atoms with Crippen LogP contribution in [0.5, 0.6) is 0 Å². The Kier molecular flexibility index (Phi) is 4.91. The maximum Gasteiger partial charge on any atom is 0.164 e. The monoisotopic (exact) mass is 556 g/mol. The summed E-state index contributed by atoms with van der Waals surface area (Å²) in [5.41, 5.74) is 6.38. The van der Waals surface area contributed by atoms with E-state index < -0.39 is 6.04 Å². The predicted molar refractivity (Wildman–Crippen MR) is 174 cm³/mol. The molecule has 0 bridgehead atoms. The zero-order valence-electron chi connectivity index (χ0n) is 27.8. The Bertz CT molecular complexity index is 2490. The lowest BCUT2D eigenvalue weighted by Gasteiger charge is -2.09. The third-order valence-corrected chi connectivity index (χ3v) is 7.42. The van der Waals surface area contributed by atoms with Crippen molar-refractivity contribution in [1.82, 2.24) is 15.0 Å². The van der Waals surface area contributed by atoms with Gasteiger partial charge in [0.15, 0.2) is 17.5 Å². The van der Waals surface area contributed by atoms with Gasteiger partial charge in [-0.3, -0.25) is 0 Å². The normalized spacial score (nSPS) is 12.9. The SMILES string of the molecule is [2H]c1c([2H])c([2H])c(-c2ccc3c(c2)oc2cc(-c4nc(-c5ccccc5)nc(-c5cccc(-c6ccccc6)c5)n4)ccc23)c([2H])c1[2H]. The summed E-state index contributed by atoms with van der Waals surface area (Å²) in [4.78, 5) is 14.7. The van der Waals surface area contributed by atoms with Crippen LogP contribution in [0, 0.1) is 0 Å². The van der Waals surface area contributed by atoms with Crippen LogP contribution >= 0.6 is 0 Å². The number of aromatic nitrogens is 3. The number of nitrogens with zero attached hydrogens (tertiary/aromatic N) is 3. The molecular formula is C39H25N3O. The molecule has 6 aromatic carbocycles. The second kappa shape index (κ2) is 10.5. The van der Waals surface area contributed by atoms with Gasteiger partial charge in [0, 0.05) is 27.5 Å². The Balaban J connectivity index is 1.25. The van der Waals surface area contributed by atoms with Crippen LogP contribution in [0.1, 0.15) is 6.85 Å². The highest BCUT2D eigenvalue weighted by atomic mass is 16.3. The molecule has 4 nitrogen and oxygen atoms in total. The third-order valence-electron chi connectivity index (χ3n) is 7.42. The summed E-state index contributed by atoms with van der Waals surface area (Å²) in [6.07, 6.45) is 0. The van der Waals surface area contributed by atoms with Crippen molar-refractivity contribution >= 4 is 21.9 Å². The quantitative estimate of drug-likeness (QED) is 0.212. The summed E-state index contributed by atoms with van der Waals surface area (Å²) in [7, 11) is 0. The summed E-state index contributed by atoms with van der Waals surface area (Å²) in [6, 6.07) is 37.6. The van der Waals surface area contributed by atoms with Gasteiger partial charge < -0.3 is 4.42 Å². The average molecular weight is 557 g/mol. The number of fused-ring (bicyclic) bond motifs is 3. The molecule has 0 aliphatic rings. The largest absolute Gasteiger partial charge is 0.456 e. The van der Waals surface area contributed by atoms with Gasteiger partial charge in [0.25, 0.3) is 0 Å². The van der Waals surface area contributed by atoms with Crippen molar-refractivity contribution < 1.29 is 11.3 Å². The van der Waals surface area contributed by atoms with Crippen molar-refractivity contribution in [1.29, 1.82) is 0 Å². The van der Waals surface area contributed by atoms with Crippen LogP contribution in [0.15, 0.2) is 156 Å². The second-order valence-electron chi connectivity index (χ2n) is 10.1. The van der Waals surface area contributed by atoms with Gasteiger partial charge in [-0.15, -0.1) is 0 Å². The van der Waals surface area contributed by atoms with Crippen molar-refractivity contribution in [2.75, 3.05) is 0 Å². The lowest BCUT2D eigenvalue weighted by atomic mass is 10.0. The van der Waals surface area contributed by atoms with Gasteiger partial charge in [-0.25, -0.2) is 15.0 Å². The summed E-state index contributed by atoms with van der Waals surface area (Å²) < 4.78 is 47.2. The van der Waals surface area contributed by atoms with Crippen LogP contribution in [0.25, 0.3) is 78.4 Å². The Morgan fingerprint density at radius 1 is 0.395 bits per heavy atom. The first-order valence-corrected chi connectivity index (χ1v) is 13.9. The minimum Gasteiger partial charge on any atom is -0.456 e. The topological polar surface area (TPSA) is 51.8 Å². The maximum atomic E-state index is 8.40. The molecule has 0 fully saturated rings. The molecule has 0 unspecified atom stereocenters. The summed E-state index contributed by atoms with van der Waals surface area (Å²) in [6.45, 7) is 0. The Hall–Kier alpha value is -5.87. The van der Waals surface area contributed by atoms with Crippen LogP contribution in [-0.4, -0.2) is 15.0 Å². The molecule has 0 N–H and O–H groups in total. The first-order chi connectivity index (χ1) is 23.4. The Morgan fingerprint density at radius 2 is 0.884 bits per heavy atom. The minimum atomic E-state index is -0.424. The molecule has 8 aromatic rings. The summed E-state index contributed by atoms with van der Waals surface area (Å²) >= 11 is 0. The van der Waals surface area contributed by atoms with E-state index in [1.54, 1.807) is 12.1 Å². The number of hydrogen-bond donors (Lipinski definition) is 0. The standard InChI is InChI=1S/C39H25N3O/c1-4-11-26(12-5-1)29-17-10-18-31(23-29)38-40-37(28-15-8-3-9-16-28)41-39(42-38)32-20-22-34-33-21-19-30(27-13-6-2-7-14-27)24-35(33)43-36(34)25-32/h1-25H/i2D,6D,7D,13D,14D. The predicted octanol–water partition coefficient (Wildman–Crippen LogP) is 10.1. The van der Waals surface area contributed by atoms with Crippen molar-refractivity contribution in [3.63, 3.8) is 0 Å². The number of furan rings is 1. The van der Waals surface area contributed by atoms with Gasteiger partial charge in [-0.1, -0.05) is 121 Å². The molecule has 0 radical (unpaired) electrons. The first kappa shape index (κ1) is 20.1. The van der Waals surface area contributed by atoms with Gasteiger partial charge >= 0.3 is 0 Å². The van der Waals surface area contributed by atoms with Crippen LogP contribution in [0.3, 0.4) is 0 Å². The van der Waals surface area contributed by atoms with E-state index >= 15 is 0 Å². The lowest BCUT2D eigenvalue weighted by molar-refractivity contribution is 0.669. The van der Waals surface area contributed by atoms with E-state index in [1.165, 1.54) is 0 Å². The molecule has 0 saturated heterocycles. The molecule has 0 aliphatic carbocycles. The molecule has 2 heterocycles. The first-order valence-electron chi connectivity index (χ1n) is 16.4. The molecule has 0 aliphatic heterocycles. The van der Waals surface area contributed by atoms with Crippen LogP contribution in [-0.2, 0) is 0 Å². The van der Waals surface area contributed by atoms with Gasteiger partial charge in [0.05, 0.1) is 6.85 Å². The average Bonchev–Trinajstić information content (AvgIpc) is 3.51. The fraction of sp³-hybridized carbons (Fsp3) is 0. The minimum absolute atomic E-state index is 0.131. The fourth-order valence-corrected chi connectivity index (χ4v) is 5.28. The lowest BCUT2D eigenvalue weighted by Crippen LogP contribution is -2.00. The highest BCUT2D eigenvalue weighted by molar-refractivity contribution is 6.06. The van der Waals surface area contributed by atoms with Gasteiger partial charge in [0.2, 0.25) is 0 Å². The molecule has 202 valence electrons. The van der Waals surface area contributed by atoms with E-state index in [9.17, 15) is 0 Å². The van der Waals surface area contributed by atoms with E-state index in [0.717, 1.165) is 38.6 Å². The van der Waals surface area contributed by atoms with Gasteiger partial charge in [0.1, 0.15) is 11.2 Å². The van der Waals surface area contributed by atoms with Crippen LogP contribution in [0.4, 0.5) is 0 Å². The summed E-state index contributed by atoms with van der Waals surface area (Å²) in [5.74, 6) is 1.59. The van der Waals surface area contributed by atoms with Gasteiger partial charge in [-0.05, 0) is 52.6 Å². The molecule has 4 heteroatoms. The zero-order chi connectivity index (χ0) is 32.9. The Morgan fingerprint density at radius 3 is 1.56 bits per heavy atom. The van der Waals surface area contributed by atoms with Crippen LogP contribution < -0.4 is 0 Å². The van der Waals surface area contributed by atoms with Crippen LogP contribution in [0.2, 0.25) is 0 Å². The number of rotatable bonds is 5. The molecule has 2 aromatic heterocycles. The second-order valence-corrected chi connectivity index (χ2v) is 10.1. The molecule has 0 saturated carbocycles. The van der Waals surface area contributed by atoms with E-state index in [-0.39, 0.29) is 29.7 Å². The maximum absolute atomic E-state index is 8.40. The molecule has 0 atom stereocenters. The van der Waals surface area contributed by atoms with Crippen molar-refractivity contribution in [2.24, 2.45) is 0 Å². The third kappa shape index (κ3) is 4.75. The summed E-state index contributed by atoms with van der Waals surface area (Å²) in [5, 5.41) is 1.71. The molecular weight excluding hydrogens is 526 g/mol. The molecule has 0 spiro atoms. The van der Waals surface area contributed by atoms with Crippen molar-refractivity contribution in [3.8, 4) is 56.4 Å². The zero-order valence-corrected chi connectivity index (χ0v) is 22.8. The van der Waals surface area contributed by atoms with Crippen molar-refractivity contribution in [3.05, 3.63) is 152 Å².